The van der Waals surface area contributed by atoms with Crippen molar-refractivity contribution in [3.05, 3.63) is 23.7 Å². The fourth-order valence-corrected chi connectivity index (χ4v) is 2.57. The number of urea groups is 1. The molecule has 20 heavy (non-hydrogen) atoms. The number of aryl methyl sites for hydroxylation is 1. The Kier molecular flexibility index (Phi) is 4.65. The lowest BCUT2D eigenvalue weighted by atomic mass is 9.84. The molecule has 1 fully saturated rings. The molecule has 1 aliphatic rings. The minimum atomic E-state index is -0.836. The maximum absolute atomic E-state index is 11.8. The molecule has 1 heterocycles. The normalized spacial score (nSPS) is 22.2. The molecule has 1 aromatic heterocycles. The van der Waals surface area contributed by atoms with Gasteiger partial charge in [0.05, 0.1) is 12.5 Å². The first-order valence-corrected chi connectivity index (χ1v) is 6.89. The average molecular weight is 280 g/mol. The van der Waals surface area contributed by atoms with Gasteiger partial charge in [-0.15, -0.1) is 0 Å². The highest BCUT2D eigenvalue weighted by Gasteiger charge is 2.31. The Hall–Kier alpha value is -1.98. The van der Waals surface area contributed by atoms with Gasteiger partial charge in [-0.05, 0) is 31.9 Å². The third-order valence-electron chi connectivity index (χ3n) is 3.62. The van der Waals surface area contributed by atoms with Gasteiger partial charge in [-0.2, -0.15) is 0 Å². The lowest BCUT2D eigenvalue weighted by Crippen LogP contribution is -2.48. The molecule has 110 valence electrons. The Morgan fingerprint density at radius 2 is 2.10 bits per heavy atom. The minimum Gasteiger partial charge on any atom is -0.481 e. The van der Waals surface area contributed by atoms with E-state index in [1.807, 2.05) is 13.0 Å². The van der Waals surface area contributed by atoms with Crippen LogP contribution in [-0.4, -0.2) is 23.1 Å². The molecule has 0 saturated heterocycles. The summed E-state index contributed by atoms with van der Waals surface area (Å²) < 4.78 is 5.35. The van der Waals surface area contributed by atoms with Gasteiger partial charge in [0.25, 0.3) is 0 Å². The molecular formula is C14H20N2O4. The van der Waals surface area contributed by atoms with E-state index in [0.717, 1.165) is 18.6 Å². The van der Waals surface area contributed by atoms with Crippen LogP contribution in [0.5, 0.6) is 0 Å². The van der Waals surface area contributed by atoms with Crippen LogP contribution < -0.4 is 10.6 Å². The summed E-state index contributed by atoms with van der Waals surface area (Å²) in [6.45, 7) is 2.13. The first kappa shape index (κ1) is 14.4. The van der Waals surface area contributed by atoms with E-state index in [1.165, 1.54) is 0 Å². The van der Waals surface area contributed by atoms with Gasteiger partial charge >= 0.3 is 12.0 Å². The van der Waals surface area contributed by atoms with E-state index in [-0.39, 0.29) is 12.1 Å². The topological polar surface area (TPSA) is 91.6 Å². The van der Waals surface area contributed by atoms with Crippen molar-refractivity contribution in [2.24, 2.45) is 5.92 Å². The lowest BCUT2D eigenvalue weighted by Gasteiger charge is -2.29. The van der Waals surface area contributed by atoms with Crippen LogP contribution in [0.3, 0.4) is 0 Å². The summed E-state index contributed by atoms with van der Waals surface area (Å²) >= 11 is 0. The number of hydrogen-bond donors (Lipinski definition) is 3. The maximum Gasteiger partial charge on any atom is 0.315 e. The number of hydrogen-bond acceptors (Lipinski definition) is 3. The molecule has 2 unspecified atom stereocenters. The summed E-state index contributed by atoms with van der Waals surface area (Å²) in [6.07, 6.45) is 3.19. The van der Waals surface area contributed by atoms with Crippen molar-refractivity contribution in [3.63, 3.8) is 0 Å². The number of carbonyl (C=O) groups excluding carboxylic acids is 1. The molecule has 3 N–H and O–H groups in total. The number of furan rings is 1. The predicted molar refractivity (Wildman–Crippen MR) is 72.2 cm³/mol. The molecule has 1 saturated carbocycles. The summed E-state index contributed by atoms with van der Waals surface area (Å²) in [7, 11) is 0. The minimum absolute atomic E-state index is 0.292. The van der Waals surface area contributed by atoms with Crippen LogP contribution >= 0.6 is 0 Å². The number of nitrogens with one attached hydrogen (secondary N) is 2. The third kappa shape index (κ3) is 3.76. The van der Waals surface area contributed by atoms with Crippen LogP contribution in [0, 0.1) is 12.8 Å². The van der Waals surface area contributed by atoms with Gasteiger partial charge in [0, 0.05) is 6.04 Å². The SMILES string of the molecule is Cc1ccc(CNC(=O)NC2CCCCC2C(=O)O)o1. The number of carboxylic acid groups (broad SMARTS) is 1. The van der Waals surface area contributed by atoms with Crippen LogP contribution in [0.4, 0.5) is 4.79 Å². The van der Waals surface area contributed by atoms with Gasteiger partial charge in [-0.25, -0.2) is 4.79 Å². The van der Waals surface area contributed by atoms with Gasteiger partial charge in [-0.3, -0.25) is 4.79 Å². The first-order valence-electron chi connectivity index (χ1n) is 6.89. The zero-order chi connectivity index (χ0) is 14.5. The second kappa shape index (κ2) is 6.45. The van der Waals surface area contributed by atoms with Crippen LogP contribution in [0.25, 0.3) is 0 Å². The molecule has 1 aliphatic carbocycles. The van der Waals surface area contributed by atoms with E-state index in [9.17, 15) is 9.59 Å². The third-order valence-corrected chi connectivity index (χ3v) is 3.62. The predicted octanol–water partition coefficient (Wildman–Crippen LogP) is 2.03. The van der Waals surface area contributed by atoms with Gasteiger partial charge < -0.3 is 20.2 Å². The summed E-state index contributed by atoms with van der Waals surface area (Å²) in [5.74, 6) is 0.147. The first-order chi connectivity index (χ1) is 9.56. The Labute approximate surface area is 117 Å². The van der Waals surface area contributed by atoms with Crippen molar-refractivity contribution in [2.75, 3.05) is 0 Å². The molecule has 0 aliphatic heterocycles. The Morgan fingerprint density at radius 3 is 2.75 bits per heavy atom. The van der Waals surface area contributed by atoms with E-state index < -0.39 is 11.9 Å². The second-order valence-electron chi connectivity index (χ2n) is 5.18. The summed E-state index contributed by atoms with van der Waals surface area (Å²) in [4.78, 5) is 22.9. The zero-order valence-corrected chi connectivity index (χ0v) is 11.5. The highest BCUT2D eigenvalue weighted by Crippen LogP contribution is 2.24. The molecule has 2 amide bonds. The maximum atomic E-state index is 11.8. The summed E-state index contributed by atoms with van der Waals surface area (Å²) in [5.41, 5.74) is 0. The quantitative estimate of drug-likeness (QED) is 0.787. The molecule has 0 radical (unpaired) electrons. The Bertz CT molecular complexity index is 483. The average Bonchev–Trinajstić information content (AvgIpc) is 2.83. The van der Waals surface area contributed by atoms with Crippen molar-refractivity contribution in [3.8, 4) is 0 Å². The number of amides is 2. The summed E-state index contributed by atoms with van der Waals surface area (Å²) in [5, 5.41) is 14.6. The fraction of sp³-hybridized carbons (Fsp3) is 0.571. The second-order valence-corrected chi connectivity index (χ2v) is 5.18. The van der Waals surface area contributed by atoms with Gasteiger partial charge in [-0.1, -0.05) is 12.8 Å². The van der Waals surface area contributed by atoms with E-state index in [1.54, 1.807) is 6.07 Å². The van der Waals surface area contributed by atoms with Crippen LogP contribution in [0.1, 0.15) is 37.2 Å². The van der Waals surface area contributed by atoms with E-state index in [0.29, 0.717) is 25.1 Å². The molecule has 6 nitrogen and oxygen atoms in total. The Morgan fingerprint density at radius 1 is 1.35 bits per heavy atom. The Balaban J connectivity index is 1.82. The van der Waals surface area contributed by atoms with Crippen molar-refractivity contribution < 1.29 is 19.1 Å². The van der Waals surface area contributed by atoms with Gasteiger partial charge in [0.2, 0.25) is 0 Å². The molecule has 6 heteroatoms. The standard InChI is InChI=1S/C14H20N2O4/c1-9-6-7-10(20-9)8-15-14(19)16-12-5-3-2-4-11(12)13(17)18/h6-7,11-12H,2-5,8H2,1H3,(H,17,18)(H2,15,16,19). The molecular weight excluding hydrogens is 260 g/mol. The van der Waals surface area contributed by atoms with Gasteiger partial charge in [0.15, 0.2) is 0 Å². The zero-order valence-electron chi connectivity index (χ0n) is 11.5. The monoisotopic (exact) mass is 280 g/mol. The van der Waals surface area contributed by atoms with Crippen molar-refractivity contribution in [2.45, 2.75) is 45.2 Å². The van der Waals surface area contributed by atoms with E-state index in [4.69, 9.17) is 9.52 Å². The number of aliphatic carboxylic acids is 1. The van der Waals surface area contributed by atoms with Crippen molar-refractivity contribution >= 4 is 12.0 Å². The lowest BCUT2D eigenvalue weighted by molar-refractivity contribution is -0.143. The number of carbonyl (C=O) groups is 2. The molecule has 2 atom stereocenters. The van der Waals surface area contributed by atoms with Crippen LogP contribution in [-0.2, 0) is 11.3 Å². The molecule has 1 aromatic rings. The smallest absolute Gasteiger partial charge is 0.315 e. The van der Waals surface area contributed by atoms with E-state index in [2.05, 4.69) is 10.6 Å². The number of rotatable bonds is 4. The number of carboxylic acids is 1. The van der Waals surface area contributed by atoms with Crippen LogP contribution in [0.15, 0.2) is 16.5 Å². The van der Waals surface area contributed by atoms with Crippen molar-refractivity contribution in [1.29, 1.82) is 0 Å². The highest BCUT2D eigenvalue weighted by molar-refractivity contribution is 5.76. The highest BCUT2D eigenvalue weighted by atomic mass is 16.4. The fourth-order valence-electron chi connectivity index (χ4n) is 2.57. The van der Waals surface area contributed by atoms with E-state index >= 15 is 0 Å². The molecule has 0 bridgehead atoms. The van der Waals surface area contributed by atoms with Gasteiger partial charge in [0.1, 0.15) is 11.5 Å². The van der Waals surface area contributed by atoms with Crippen molar-refractivity contribution in [1.82, 2.24) is 10.6 Å². The molecule has 0 spiro atoms. The van der Waals surface area contributed by atoms with Crippen LogP contribution in [0.2, 0.25) is 0 Å². The molecule has 0 aromatic carbocycles. The summed E-state index contributed by atoms with van der Waals surface area (Å²) in [6, 6.07) is 2.99. The largest absolute Gasteiger partial charge is 0.481 e. The molecule has 2 rings (SSSR count).